The molecule has 2 aromatic rings. The van der Waals surface area contributed by atoms with Crippen molar-refractivity contribution >= 4 is 5.91 Å². The van der Waals surface area contributed by atoms with E-state index >= 15 is 0 Å². The van der Waals surface area contributed by atoms with E-state index in [4.69, 9.17) is 4.74 Å². The Morgan fingerprint density at radius 1 is 1.40 bits per heavy atom. The lowest BCUT2D eigenvalue weighted by Crippen LogP contribution is -2.38. The average molecular weight is 342 g/mol. The van der Waals surface area contributed by atoms with Gasteiger partial charge in [-0.05, 0) is 50.4 Å². The second-order valence-electron chi connectivity index (χ2n) is 6.39. The lowest BCUT2D eigenvalue weighted by Gasteiger charge is -2.22. The summed E-state index contributed by atoms with van der Waals surface area (Å²) < 4.78 is 7.44. The number of carbonyl (C=O) groups excluding carboxylic acids is 1. The highest BCUT2D eigenvalue weighted by Crippen LogP contribution is 2.20. The van der Waals surface area contributed by atoms with Crippen molar-refractivity contribution in [2.24, 2.45) is 5.92 Å². The van der Waals surface area contributed by atoms with Crippen LogP contribution in [0.3, 0.4) is 0 Å². The molecule has 2 heterocycles. The smallest absolute Gasteiger partial charge is 0.275 e. The minimum absolute atomic E-state index is 0.175. The van der Waals surface area contributed by atoms with Gasteiger partial charge in [-0.25, -0.2) is 4.68 Å². The summed E-state index contributed by atoms with van der Waals surface area (Å²) in [6.07, 6.45) is 4.96. The number of nitrogens with zero attached hydrogens (tertiary/aromatic N) is 2. The van der Waals surface area contributed by atoms with Gasteiger partial charge in [0, 0.05) is 6.54 Å². The molecule has 1 aromatic carbocycles. The molecule has 0 radical (unpaired) electrons. The van der Waals surface area contributed by atoms with Gasteiger partial charge in [0.05, 0.1) is 18.5 Å². The van der Waals surface area contributed by atoms with Gasteiger partial charge in [-0.3, -0.25) is 4.79 Å². The number of hydrogen-bond acceptors (Lipinski definition) is 4. The molecule has 6 nitrogen and oxygen atoms in total. The summed E-state index contributed by atoms with van der Waals surface area (Å²) in [5.74, 6) is 0.838. The van der Waals surface area contributed by atoms with E-state index < -0.39 is 0 Å². The topological polar surface area (TPSA) is 68.2 Å². The Morgan fingerprint density at radius 3 is 2.96 bits per heavy atom. The van der Waals surface area contributed by atoms with Crippen molar-refractivity contribution in [3.8, 4) is 11.4 Å². The Labute approximate surface area is 148 Å². The van der Waals surface area contributed by atoms with E-state index in [1.54, 1.807) is 10.9 Å². The molecule has 1 unspecified atom stereocenters. The quantitative estimate of drug-likeness (QED) is 0.811. The molecule has 6 heteroatoms. The Morgan fingerprint density at radius 2 is 2.24 bits per heavy atom. The molecule has 3 rings (SSSR count). The van der Waals surface area contributed by atoms with Gasteiger partial charge in [0.25, 0.3) is 5.91 Å². The molecule has 134 valence electrons. The fraction of sp³-hybridized carbons (Fsp3) is 0.474. The zero-order valence-electron chi connectivity index (χ0n) is 14.7. The van der Waals surface area contributed by atoms with Crippen LogP contribution in [0, 0.1) is 5.92 Å². The number of piperidine rings is 1. The van der Waals surface area contributed by atoms with Gasteiger partial charge in [-0.15, -0.1) is 0 Å². The van der Waals surface area contributed by atoms with Crippen LogP contribution in [0.15, 0.2) is 36.5 Å². The van der Waals surface area contributed by atoms with Crippen LogP contribution in [0.2, 0.25) is 0 Å². The number of benzene rings is 1. The minimum Gasteiger partial charge on any atom is -0.489 e. The maximum absolute atomic E-state index is 12.6. The van der Waals surface area contributed by atoms with Gasteiger partial charge in [-0.2, -0.15) is 5.10 Å². The molecule has 1 aliphatic rings. The van der Waals surface area contributed by atoms with Gasteiger partial charge in [0.15, 0.2) is 11.4 Å². The first kappa shape index (κ1) is 17.5. The van der Waals surface area contributed by atoms with E-state index in [1.165, 1.54) is 0 Å². The van der Waals surface area contributed by atoms with E-state index in [-0.39, 0.29) is 5.91 Å². The predicted molar refractivity (Wildman–Crippen MR) is 97.3 cm³/mol. The zero-order chi connectivity index (χ0) is 17.5. The normalized spacial score (nSPS) is 17.2. The summed E-state index contributed by atoms with van der Waals surface area (Å²) in [7, 11) is 0. The van der Waals surface area contributed by atoms with Crippen LogP contribution in [0.5, 0.6) is 5.75 Å². The van der Waals surface area contributed by atoms with Crippen molar-refractivity contribution in [2.45, 2.75) is 26.2 Å². The summed E-state index contributed by atoms with van der Waals surface area (Å²) in [4.78, 5) is 12.6. The van der Waals surface area contributed by atoms with Gasteiger partial charge >= 0.3 is 0 Å². The summed E-state index contributed by atoms with van der Waals surface area (Å²) in [6, 6.07) is 9.74. The summed E-state index contributed by atoms with van der Waals surface area (Å²) >= 11 is 0. The molecule has 2 N–H and O–H groups in total. The number of carbonyl (C=O) groups is 1. The van der Waals surface area contributed by atoms with Crippen molar-refractivity contribution in [3.63, 3.8) is 0 Å². The number of amides is 1. The van der Waals surface area contributed by atoms with Gasteiger partial charge < -0.3 is 15.4 Å². The molecule has 0 saturated carbocycles. The van der Waals surface area contributed by atoms with Crippen LogP contribution in [-0.2, 0) is 0 Å². The fourth-order valence-corrected chi connectivity index (χ4v) is 2.97. The third-order valence-corrected chi connectivity index (χ3v) is 4.33. The van der Waals surface area contributed by atoms with Crippen LogP contribution < -0.4 is 15.4 Å². The monoisotopic (exact) mass is 342 g/mol. The van der Waals surface area contributed by atoms with E-state index in [2.05, 4.69) is 15.7 Å². The molecule has 1 saturated heterocycles. The summed E-state index contributed by atoms with van der Waals surface area (Å²) in [6.45, 7) is 5.29. The molecule has 25 heavy (non-hydrogen) atoms. The lowest BCUT2D eigenvalue weighted by molar-refractivity contribution is 0.0935. The largest absolute Gasteiger partial charge is 0.489 e. The maximum Gasteiger partial charge on any atom is 0.275 e. The van der Waals surface area contributed by atoms with Crippen molar-refractivity contribution < 1.29 is 9.53 Å². The average Bonchev–Trinajstić information content (AvgIpc) is 3.10. The molecule has 1 amide bonds. The third kappa shape index (κ3) is 4.60. The second kappa shape index (κ2) is 8.67. The number of para-hydroxylation sites is 1. The molecular weight excluding hydrogens is 316 g/mol. The number of aromatic nitrogens is 2. The number of nitrogens with one attached hydrogen (secondary N) is 2. The van der Waals surface area contributed by atoms with Crippen molar-refractivity contribution in [3.05, 3.63) is 42.2 Å². The van der Waals surface area contributed by atoms with E-state index in [1.807, 2.05) is 37.3 Å². The third-order valence-electron chi connectivity index (χ3n) is 4.33. The van der Waals surface area contributed by atoms with Crippen LogP contribution in [0.1, 0.15) is 36.7 Å². The molecule has 1 atom stereocenters. The van der Waals surface area contributed by atoms with Crippen LogP contribution >= 0.6 is 0 Å². The second-order valence-corrected chi connectivity index (χ2v) is 6.39. The fourth-order valence-electron chi connectivity index (χ4n) is 2.97. The minimum atomic E-state index is -0.175. The first-order valence-corrected chi connectivity index (χ1v) is 9.04. The first-order valence-electron chi connectivity index (χ1n) is 9.04. The number of rotatable bonds is 7. The van der Waals surface area contributed by atoms with E-state index in [0.29, 0.717) is 30.5 Å². The molecule has 1 aromatic heterocycles. The van der Waals surface area contributed by atoms with Crippen LogP contribution in [0.25, 0.3) is 5.69 Å². The van der Waals surface area contributed by atoms with Crippen molar-refractivity contribution in [2.75, 3.05) is 26.2 Å². The predicted octanol–water partition coefficient (Wildman–Crippen LogP) is 2.39. The molecule has 1 fully saturated rings. The maximum atomic E-state index is 12.6. The zero-order valence-corrected chi connectivity index (χ0v) is 14.7. The highest BCUT2D eigenvalue weighted by Gasteiger charge is 2.20. The number of hydrogen-bond donors (Lipinski definition) is 2. The Hall–Kier alpha value is -2.34. The first-order chi connectivity index (χ1) is 12.3. The standard InChI is InChI=1S/C19H26N4O2/c1-2-11-25-17-14-23(16-8-4-3-5-9-16)22-18(17)19(24)21-13-15-7-6-10-20-12-15/h3-5,8-9,14-15,20H,2,6-7,10-13H2,1H3,(H,21,24). The highest BCUT2D eigenvalue weighted by molar-refractivity contribution is 5.94. The highest BCUT2D eigenvalue weighted by atomic mass is 16.5. The van der Waals surface area contributed by atoms with Crippen molar-refractivity contribution in [1.29, 1.82) is 0 Å². The van der Waals surface area contributed by atoms with E-state index in [0.717, 1.165) is 38.0 Å². The Kier molecular flexibility index (Phi) is 6.06. The van der Waals surface area contributed by atoms with Crippen LogP contribution in [0.4, 0.5) is 0 Å². The van der Waals surface area contributed by atoms with Crippen molar-refractivity contribution in [1.82, 2.24) is 20.4 Å². The molecule has 1 aliphatic heterocycles. The Balaban J connectivity index is 1.73. The Bertz CT molecular complexity index is 678. The van der Waals surface area contributed by atoms with Gasteiger partial charge in [0.2, 0.25) is 0 Å². The molecular formula is C19H26N4O2. The SMILES string of the molecule is CCCOc1cn(-c2ccccc2)nc1C(=O)NCC1CCCNC1. The van der Waals surface area contributed by atoms with Gasteiger partial charge in [-0.1, -0.05) is 25.1 Å². The van der Waals surface area contributed by atoms with Crippen LogP contribution in [-0.4, -0.2) is 41.9 Å². The van der Waals surface area contributed by atoms with Gasteiger partial charge in [0.1, 0.15) is 0 Å². The number of ether oxygens (including phenoxy) is 1. The summed E-state index contributed by atoms with van der Waals surface area (Å²) in [5.41, 5.74) is 1.25. The molecule has 0 bridgehead atoms. The summed E-state index contributed by atoms with van der Waals surface area (Å²) in [5, 5.41) is 10.8. The molecule has 0 aliphatic carbocycles. The lowest BCUT2D eigenvalue weighted by atomic mass is 10.00. The molecule has 0 spiro atoms. The van der Waals surface area contributed by atoms with E-state index in [9.17, 15) is 4.79 Å².